The summed E-state index contributed by atoms with van der Waals surface area (Å²) in [4.78, 5) is 2.43. The van der Waals surface area contributed by atoms with Gasteiger partial charge in [0, 0.05) is 5.56 Å². The number of hydrogen-bond donors (Lipinski definition) is 1. The average Bonchev–Trinajstić information content (AvgIpc) is 2.55. The highest BCUT2D eigenvalue weighted by atomic mass is 19.2. The van der Waals surface area contributed by atoms with Gasteiger partial charge < -0.3 is 4.74 Å². The zero-order valence-electron chi connectivity index (χ0n) is 11.5. The number of terminal acetylenes is 1. The standard InChI is InChI=1S/C15H9F4N3O/c1-2-7-23-10-6-4-3-5-9(10)8-20-22-13-11(16)14(18)21-15(19)12(13)17/h1,3-6,8H,7H2,(H,21,22)/b20-8-. The van der Waals surface area contributed by atoms with Gasteiger partial charge >= 0.3 is 0 Å². The number of halogens is 4. The molecule has 8 heteroatoms. The first kappa shape index (κ1) is 16.3. The number of hydrazone groups is 1. The Labute approximate surface area is 128 Å². The van der Waals surface area contributed by atoms with Crippen LogP contribution in [0.1, 0.15) is 5.56 Å². The number of rotatable bonds is 5. The topological polar surface area (TPSA) is 46.5 Å². The van der Waals surface area contributed by atoms with E-state index in [1.54, 1.807) is 24.3 Å². The highest BCUT2D eigenvalue weighted by molar-refractivity contribution is 5.84. The Morgan fingerprint density at radius 3 is 2.48 bits per heavy atom. The molecule has 2 rings (SSSR count). The lowest BCUT2D eigenvalue weighted by molar-refractivity contribution is 0.370. The molecule has 118 valence electrons. The van der Waals surface area contributed by atoms with Gasteiger partial charge in [-0.05, 0) is 12.1 Å². The molecule has 23 heavy (non-hydrogen) atoms. The van der Waals surface area contributed by atoms with Crippen LogP contribution in [-0.2, 0) is 0 Å². The zero-order valence-corrected chi connectivity index (χ0v) is 11.5. The number of pyridine rings is 1. The Morgan fingerprint density at radius 1 is 1.17 bits per heavy atom. The lowest BCUT2D eigenvalue weighted by atomic mass is 10.2. The van der Waals surface area contributed by atoms with Crippen LogP contribution in [0.15, 0.2) is 29.4 Å². The van der Waals surface area contributed by atoms with E-state index >= 15 is 0 Å². The largest absolute Gasteiger partial charge is 0.480 e. The van der Waals surface area contributed by atoms with E-state index in [0.29, 0.717) is 11.3 Å². The van der Waals surface area contributed by atoms with Crippen molar-refractivity contribution < 1.29 is 22.3 Å². The number of aromatic nitrogens is 1. The fourth-order valence-corrected chi connectivity index (χ4v) is 1.59. The molecular formula is C15H9F4N3O. The second kappa shape index (κ2) is 7.26. The molecule has 0 amide bonds. The van der Waals surface area contributed by atoms with Gasteiger partial charge in [0.2, 0.25) is 11.6 Å². The third-order valence-electron chi connectivity index (χ3n) is 2.61. The van der Waals surface area contributed by atoms with Gasteiger partial charge in [0.1, 0.15) is 18.0 Å². The summed E-state index contributed by atoms with van der Waals surface area (Å²) >= 11 is 0. The summed E-state index contributed by atoms with van der Waals surface area (Å²) in [6, 6.07) is 6.55. The monoisotopic (exact) mass is 323 g/mol. The number of benzene rings is 1. The van der Waals surface area contributed by atoms with Gasteiger partial charge in [0.25, 0.3) is 11.9 Å². The maximum Gasteiger partial charge on any atom is 0.254 e. The molecule has 1 N–H and O–H groups in total. The molecule has 1 aromatic heterocycles. The summed E-state index contributed by atoms with van der Waals surface area (Å²) in [5.74, 6) is -4.26. The predicted octanol–water partition coefficient (Wildman–Crippen LogP) is 3.10. The number of nitrogens with one attached hydrogen (secondary N) is 1. The molecule has 0 fully saturated rings. The Bertz CT molecular complexity index is 761. The molecule has 0 unspecified atom stereocenters. The summed E-state index contributed by atoms with van der Waals surface area (Å²) in [6.07, 6.45) is 6.24. The minimum atomic E-state index is -1.78. The lowest BCUT2D eigenvalue weighted by Gasteiger charge is -2.07. The first-order valence-electron chi connectivity index (χ1n) is 6.19. The van der Waals surface area contributed by atoms with Crippen molar-refractivity contribution >= 4 is 11.9 Å². The molecule has 2 aromatic rings. The van der Waals surface area contributed by atoms with Crippen LogP contribution in [0.2, 0.25) is 0 Å². The summed E-state index contributed by atoms with van der Waals surface area (Å²) in [6.45, 7) is 0.0162. The second-order valence-electron chi connectivity index (χ2n) is 4.10. The van der Waals surface area contributed by atoms with Gasteiger partial charge in [0.15, 0.2) is 0 Å². The molecule has 0 radical (unpaired) electrons. The third kappa shape index (κ3) is 3.77. The van der Waals surface area contributed by atoms with Crippen molar-refractivity contribution in [1.82, 2.24) is 4.98 Å². The van der Waals surface area contributed by atoms with Crippen molar-refractivity contribution in [3.05, 3.63) is 53.4 Å². The summed E-state index contributed by atoms with van der Waals surface area (Å²) in [5, 5.41) is 3.54. The molecule has 0 aliphatic rings. The molecule has 0 spiro atoms. The first-order valence-corrected chi connectivity index (χ1v) is 6.19. The van der Waals surface area contributed by atoms with E-state index in [9.17, 15) is 17.6 Å². The quantitative estimate of drug-likeness (QED) is 0.302. The molecule has 0 aliphatic carbocycles. The normalized spacial score (nSPS) is 10.6. The molecule has 0 saturated heterocycles. The van der Waals surface area contributed by atoms with Crippen LogP contribution in [0.3, 0.4) is 0 Å². The third-order valence-corrected chi connectivity index (χ3v) is 2.61. The van der Waals surface area contributed by atoms with Gasteiger partial charge in [-0.15, -0.1) is 6.42 Å². The van der Waals surface area contributed by atoms with Crippen LogP contribution in [0.4, 0.5) is 23.2 Å². The summed E-state index contributed by atoms with van der Waals surface area (Å²) < 4.78 is 57.9. The SMILES string of the molecule is C#CCOc1ccccc1/C=N\Nc1c(F)c(F)nc(F)c1F. The van der Waals surface area contributed by atoms with E-state index < -0.39 is 29.2 Å². The lowest BCUT2D eigenvalue weighted by Crippen LogP contribution is -2.06. The number of ether oxygens (including phenoxy) is 1. The number of anilines is 1. The highest BCUT2D eigenvalue weighted by Gasteiger charge is 2.20. The molecule has 1 aromatic carbocycles. The average molecular weight is 323 g/mol. The van der Waals surface area contributed by atoms with Gasteiger partial charge in [0.05, 0.1) is 6.21 Å². The molecule has 0 saturated carbocycles. The predicted molar refractivity (Wildman–Crippen MR) is 76.1 cm³/mol. The maximum atomic E-state index is 13.4. The molecule has 0 atom stereocenters. The summed E-state index contributed by atoms with van der Waals surface area (Å²) in [7, 11) is 0. The minimum Gasteiger partial charge on any atom is -0.480 e. The number of nitrogens with zero attached hydrogens (tertiary/aromatic N) is 2. The summed E-state index contributed by atoms with van der Waals surface area (Å²) in [5.41, 5.74) is 1.24. The van der Waals surface area contributed by atoms with E-state index in [1.165, 1.54) is 0 Å². The van der Waals surface area contributed by atoms with E-state index in [4.69, 9.17) is 11.2 Å². The van der Waals surface area contributed by atoms with Crippen LogP contribution in [-0.4, -0.2) is 17.8 Å². The van der Waals surface area contributed by atoms with Crippen molar-refractivity contribution in [1.29, 1.82) is 0 Å². The Balaban J connectivity index is 2.22. The van der Waals surface area contributed by atoms with Crippen LogP contribution >= 0.6 is 0 Å². The second-order valence-corrected chi connectivity index (χ2v) is 4.10. The van der Waals surface area contributed by atoms with E-state index in [1.807, 2.05) is 5.43 Å². The molecule has 0 bridgehead atoms. The fourth-order valence-electron chi connectivity index (χ4n) is 1.59. The molecular weight excluding hydrogens is 314 g/mol. The minimum absolute atomic E-state index is 0.0162. The van der Waals surface area contributed by atoms with Gasteiger partial charge in [-0.2, -0.15) is 27.6 Å². The zero-order chi connectivity index (χ0) is 16.8. The van der Waals surface area contributed by atoms with Crippen LogP contribution in [0.5, 0.6) is 5.75 Å². The number of para-hydroxylation sites is 1. The molecule has 0 aliphatic heterocycles. The van der Waals surface area contributed by atoms with Crippen molar-refractivity contribution in [3.63, 3.8) is 0 Å². The first-order chi connectivity index (χ1) is 11.0. The van der Waals surface area contributed by atoms with E-state index in [0.717, 1.165) is 6.21 Å². The van der Waals surface area contributed by atoms with Crippen molar-refractivity contribution in [3.8, 4) is 18.1 Å². The van der Waals surface area contributed by atoms with E-state index in [-0.39, 0.29) is 6.61 Å². The van der Waals surface area contributed by atoms with Crippen molar-refractivity contribution in [2.45, 2.75) is 0 Å². The van der Waals surface area contributed by atoms with Gasteiger partial charge in [-0.1, -0.05) is 18.1 Å². The van der Waals surface area contributed by atoms with Crippen molar-refractivity contribution in [2.75, 3.05) is 12.0 Å². The number of hydrogen-bond acceptors (Lipinski definition) is 4. The fraction of sp³-hybridized carbons (Fsp3) is 0.0667. The Kier molecular flexibility index (Phi) is 5.15. The van der Waals surface area contributed by atoms with Gasteiger partial charge in [-0.3, -0.25) is 5.43 Å². The molecule has 4 nitrogen and oxygen atoms in total. The van der Waals surface area contributed by atoms with Gasteiger partial charge in [-0.25, -0.2) is 0 Å². The Morgan fingerprint density at radius 2 is 1.83 bits per heavy atom. The van der Waals surface area contributed by atoms with Crippen LogP contribution in [0, 0.1) is 35.9 Å². The highest BCUT2D eigenvalue weighted by Crippen LogP contribution is 2.22. The van der Waals surface area contributed by atoms with E-state index in [2.05, 4.69) is 16.0 Å². The smallest absolute Gasteiger partial charge is 0.254 e. The van der Waals surface area contributed by atoms with Crippen LogP contribution < -0.4 is 10.2 Å². The van der Waals surface area contributed by atoms with Crippen LogP contribution in [0.25, 0.3) is 0 Å². The maximum absolute atomic E-state index is 13.4. The van der Waals surface area contributed by atoms with Crippen molar-refractivity contribution in [2.24, 2.45) is 5.10 Å². The molecule has 1 heterocycles. The Hall–Kier alpha value is -3.08.